The highest BCUT2D eigenvalue weighted by Gasteiger charge is 2.12. The Bertz CT molecular complexity index is 765. The van der Waals surface area contributed by atoms with E-state index in [1.54, 1.807) is 30.3 Å². The molecule has 3 rings (SSSR count). The molecule has 6 heteroatoms. The zero-order valence-electron chi connectivity index (χ0n) is 9.54. The summed E-state index contributed by atoms with van der Waals surface area (Å²) in [4.78, 5) is 14.5. The average Bonchev–Trinajstić information content (AvgIpc) is 2.82. The molecule has 1 aromatic heterocycles. The van der Waals surface area contributed by atoms with Crippen molar-refractivity contribution in [1.82, 2.24) is 4.98 Å². The molecule has 94 valence electrons. The number of hydrogen-bond donors (Lipinski definition) is 0. The van der Waals surface area contributed by atoms with Crippen LogP contribution in [-0.4, -0.2) is 9.91 Å². The quantitative estimate of drug-likeness (QED) is 0.522. The van der Waals surface area contributed by atoms with Crippen LogP contribution in [0, 0.1) is 10.1 Å². The standard InChI is InChI=1S/C13H7ClN2O3/c14-9-3-1-8(2-4-9)13-15-11-7-10(16(17)18)5-6-12(11)19-13/h1-7H. The van der Waals surface area contributed by atoms with E-state index < -0.39 is 4.92 Å². The third kappa shape index (κ3) is 2.15. The van der Waals surface area contributed by atoms with Crippen molar-refractivity contribution >= 4 is 28.4 Å². The van der Waals surface area contributed by atoms with Crippen LogP contribution >= 0.6 is 11.6 Å². The van der Waals surface area contributed by atoms with Gasteiger partial charge in [0.25, 0.3) is 5.69 Å². The van der Waals surface area contributed by atoms with Gasteiger partial charge < -0.3 is 4.42 Å². The normalized spacial score (nSPS) is 10.8. The number of non-ortho nitro benzene ring substituents is 1. The lowest BCUT2D eigenvalue weighted by atomic mass is 10.2. The third-order valence-electron chi connectivity index (χ3n) is 2.67. The van der Waals surface area contributed by atoms with E-state index in [-0.39, 0.29) is 5.69 Å². The number of aromatic nitrogens is 1. The van der Waals surface area contributed by atoms with E-state index in [0.29, 0.717) is 22.0 Å². The molecule has 0 aliphatic carbocycles. The Labute approximate surface area is 112 Å². The van der Waals surface area contributed by atoms with Gasteiger partial charge in [-0.2, -0.15) is 0 Å². The maximum absolute atomic E-state index is 10.7. The summed E-state index contributed by atoms with van der Waals surface area (Å²) < 4.78 is 5.55. The van der Waals surface area contributed by atoms with Gasteiger partial charge in [0.05, 0.1) is 4.92 Å². The molecule has 0 unspecified atom stereocenters. The molecule has 0 atom stereocenters. The van der Waals surface area contributed by atoms with Crippen molar-refractivity contribution in [3.8, 4) is 11.5 Å². The lowest BCUT2D eigenvalue weighted by Crippen LogP contribution is -1.86. The minimum Gasteiger partial charge on any atom is -0.436 e. The minimum atomic E-state index is -0.462. The maximum Gasteiger partial charge on any atom is 0.271 e. The van der Waals surface area contributed by atoms with Gasteiger partial charge in [-0.05, 0) is 30.3 Å². The first-order chi connectivity index (χ1) is 9.13. The summed E-state index contributed by atoms with van der Waals surface area (Å²) in [5.74, 6) is 0.409. The molecule has 5 nitrogen and oxygen atoms in total. The van der Waals surface area contributed by atoms with Crippen molar-refractivity contribution in [3.63, 3.8) is 0 Å². The lowest BCUT2D eigenvalue weighted by molar-refractivity contribution is -0.384. The highest BCUT2D eigenvalue weighted by atomic mass is 35.5. The summed E-state index contributed by atoms with van der Waals surface area (Å²) in [6.07, 6.45) is 0. The summed E-state index contributed by atoms with van der Waals surface area (Å²) in [5.41, 5.74) is 1.72. The summed E-state index contributed by atoms with van der Waals surface area (Å²) in [6, 6.07) is 11.3. The number of nitro groups is 1. The van der Waals surface area contributed by atoms with Crippen molar-refractivity contribution in [3.05, 3.63) is 57.6 Å². The molecule has 0 saturated carbocycles. The molecule has 0 aliphatic rings. The molecule has 19 heavy (non-hydrogen) atoms. The smallest absolute Gasteiger partial charge is 0.271 e. The van der Waals surface area contributed by atoms with Crippen LogP contribution in [0.2, 0.25) is 5.02 Å². The molecule has 1 heterocycles. The number of nitro benzene ring substituents is 1. The van der Waals surface area contributed by atoms with Gasteiger partial charge in [0.1, 0.15) is 5.52 Å². The Hall–Kier alpha value is -2.40. The van der Waals surface area contributed by atoms with Crippen molar-refractivity contribution in [2.75, 3.05) is 0 Å². The SMILES string of the molecule is O=[N+]([O-])c1ccc2oc(-c3ccc(Cl)cc3)nc2c1. The van der Waals surface area contributed by atoms with Gasteiger partial charge in [-0.15, -0.1) is 0 Å². The van der Waals surface area contributed by atoms with E-state index in [9.17, 15) is 10.1 Å². The number of benzene rings is 2. The van der Waals surface area contributed by atoms with Gasteiger partial charge in [0.15, 0.2) is 5.58 Å². The Morgan fingerprint density at radius 3 is 2.58 bits per heavy atom. The number of hydrogen-bond acceptors (Lipinski definition) is 4. The fourth-order valence-electron chi connectivity index (χ4n) is 1.75. The van der Waals surface area contributed by atoms with E-state index in [0.717, 1.165) is 5.56 Å². The molecular weight excluding hydrogens is 268 g/mol. The summed E-state index contributed by atoms with van der Waals surface area (Å²) >= 11 is 5.81. The van der Waals surface area contributed by atoms with Crippen LogP contribution in [0.4, 0.5) is 5.69 Å². The van der Waals surface area contributed by atoms with Gasteiger partial charge in [0.2, 0.25) is 5.89 Å². The van der Waals surface area contributed by atoms with E-state index in [4.69, 9.17) is 16.0 Å². The van der Waals surface area contributed by atoms with Gasteiger partial charge >= 0.3 is 0 Å². The van der Waals surface area contributed by atoms with Crippen LogP contribution in [0.5, 0.6) is 0 Å². The van der Waals surface area contributed by atoms with E-state index >= 15 is 0 Å². The Morgan fingerprint density at radius 1 is 1.16 bits per heavy atom. The van der Waals surface area contributed by atoms with Crippen molar-refractivity contribution in [2.45, 2.75) is 0 Å². The Kier molecular flexibility index (Phi) is 2.68. The zero-order valence-corrected chi connectivity index (χ0v) is 10.3. The minimum absolute atomic E-state index is 0.0107. The maximum atomic E-state index is 10.7. The van der Waals surface area contributed by atoms with E-state index in [1.165, 1.54) is 12.1 Å². The van der Waals surface area contributed by atoms with Gasteiger partial charge in [0, 0.05) is 22.7 Å². The van der Waals surface area contributed by atoms with Crippen LogP contribution in [0.25, 0.3) is 22.6 Å². The zero-order chi connectivity index (χ0) is 13.4. The first-order valence-corrected chi connectivity index (χ1v) is 5.82. The fraction of sp³-hybridized carbons (Fsp3) is 0. The first kappa shape index (κ1) is 11.7. The molecule has 0 aliphatic heterocycles. The molecule has 0 N–H and O–H groups in total. The largest absolute Gasteiger partial charge is 0.436 e. The van der Waals surface area contributed by atoms with Crippen LogP contribution in [-0.2, 0) is 0 Å². The van der Waals surface area contributed by atoms with Crippen LogP contribution in [0.1, 0.15) is 0 Å². The molecule has 0 spiro atoms. The highest BCUT2D eigenvalue weighted by molar-refractivity contribution is 6.30. The lowest BCUT2D eigenvalue weighted by Gasteiger charge is -1.94. The van der Waals surface area contributed by atoms with Crippen molar-refractivity contribution in [2.24, 2.45) is 0 Å². The molecular formula is C13H7ClN2O3. The fourth-order valence-corrected chi connectivity index (χ4v) is 1.87. The second-order valence-corrected chi connectivity index (χ2v) is 4.37. The molecule has 0 fully saturated rings. The highest BCUT2D eigenvalue weighted by Crippen LogP contribution is 2.27. The first-order valence-electron chi connectivity index (χ1n) is 5.44. The summed E-state index contributed by atoms with van der Waals surface area (Å²) in [7, 11) is 0. The van der Waals surface area contributed by atoms with Crippen LogP contribution < -0.4 is 0 Å². The molecule has 2 aromatic carbocycles. The summed E-state index contributed by atoms with van der Waals surface area (Å²) in [5, 5.41) is 11.3. The van der Waals surface area contributed by atoms with E-state index in [2.05, 4.69) is 4.98 Å². The van der Waals surface area contributed by atoms with E-state index in [1.807, 2.05) is 0 Å². The predicted octanol–water partition coefficient (Wildman–Crippen LogP) is 4.06. The van der Waals surface area contributed by atoms with Crippen molar-refractivity contribution < 1.29 is 9.34 Å². The molecule has 0 saturated heterocycles. The number of nitrogens with zero attached hydrogens (tertiary/aromatic N) is 2. The predicted molar refractivity (Wildman–Crippen MR) is 71.1 cm³/mol. The second kappa shape index (κ2) is 4.37. The number of halogens is 1. The van der Waals surface area contributed by atoms with Gasteiger partial charge in [-0.25, -0.2) is 4.98 Å². The average molecular weight is 275 g/mol. The molecule has 0 bridgehead atoms. The number of oxazole rings is 1. The second-order valence-electron chi connectivity index (χ2n) is 3.94. The molecule has 0 amide bonds. The van der Waals surface area contributed by atoms with Gasteiger partial charge in [-0.1, -0.05) is 11.6 Å². The molecule has 0 radical (unpaired) electrons. The van der Waals surface area contributed by atoms with Crippen LogP contribution in [0.3, 0.4) is 0 Å². The Morgan fingerprint density at radius 2 is 1.89 bits per heavy atom. The third-order valence-corrected chi connectivity index (χ3v) is 2.93. The Balaban J connectivity index is 2.11. The topological polar surface area (TPSA) is 69.2 Å². The molecule has 3 aromatic rings. The monoisotopic (exact) mass is 274 g/mol. The summed E-state index contributed by atoms with van der Waals surface area (Å²) in [6.45, 7) is 0. The number of rotatable bonds is 2. The van der Waals surface area contributed by atoms with Crippen LogP contribution in [0.15, 0.2) is 46.9 Å². The van der Waals surface area contributed by atoms with Gasteiger partial charge in [-0.3, -0.25) is 10.1 Å². The van der Waals surface area contributed by atoms with Crippen molar-refractivity contribution in [1.29, 1.82) is 0 Å². The number of fused-ring (bicyclic) bond motifs is 1.